The summed E-state index contributed by atoms with van der Waals surface area (Å²) in [5, 5.41) is 1.42. The van der Waals surface area contributed by atoms with Crippen LogP contribution in [0.5, 0.6) is 0 Å². The van der Waals surface area contributed by atoms with Crippen molar-refractivity contribution in [3.05, 3.63) is 16.8 Å². The topological polar surface area (TPSA) is 29.0 Å². The Kier molecular flexibility index (Phi) is 3.87. The minimum Gasteiger partial charge on any atom is -0.355 e. The zero-order valence-corrected chi connectivity index (χ0v) is 13.8. The molecule has 1 saturated carbocycles. The SMILES string of the molecule is Cc1sc2ncnc(N(C)C3CCCCC3Cl)c2c1C. The highest BCUT2D eigenvalue weighted by Crippen LogP contribution is 2.36. The Morgan fingerprint density at radius 2 is 2.00 bits per heavy atom. The second kappa shape index (κ2) is 5.49. The maximum atomic E-state index is 6.54. The van der Waals surface area contributed by atoms with Gasteiger partial charge in [0.15, 0.2) is 0 Å². The number of hydrogen-bond donors (Lipinski definition) is 0. The van der Waals surface area contributed by atoms with E-state index in [1.54, 1.807) is 17.7 Å². The number of fused-ring (bicyclic) bond motifs is 1. The summed E-state index contributed by atoms with van der Waals surface area (Å²) in [6.45, 7) is 4.31. The summed E-state index contributed by atoms with van der Waals surface area (Å²) in [5.74, 6) is 1.04. The average Bonchev–Trinajstić information content (AvgIpc) is 2.74. The van der Waals surface area contributed by atoms with Crippen molar-refractivity contribution in [3.8, 4) is 0 Å². The van der Waals surface area contributed by atoms with E-state index < -0.39 is 0 Å². The van der Waals surface area contributed by atoms with Crippen LogP contribution in [0.15, 0.2) is 6.33 Å². The summed E-state index contributed by atoms with van der Waals surface area (Å²) >= 11 is 8.29. The van der Waals surface area contributed by atoms with Gasteiger partial charge in [-0.25, -0.2) is 9.97 Å². The standard InChI is InChI=1S/C15H20ClN3S/c1-9-10(2)20-15-13(9)14(17-8-18-15)19(3)12-7-5-4-6-11(12)16/h8,11-12H,4-7H2,1-3H3. The molecule has 0 aromatic carbocycles. The van der Waals surface area contributed by atoms with Crippen LogP contribution in [0.1, 0.15) is 36.1 Å². The van der Waals surface area contributed by atoms with Gasteiger partial charge in [-0.05, 0) is 32.3 Å². The third-order valence-electron chi connectivity index (χ3n) is 4.42. The molecule has 2 unspecified atom stereocenters. The lowest BCUT2D eigenvalue weighted by Crippen LogP contribution is -2.41. The van der Waals surface area contributed by atoms with Gasteiger partial charge in [-0.3, -0.25) is 0 Å². The number of thiophene rings is 1. The Hall–Kier alpha value is -0.870. The molecular weight excluding hydrogens is 290 g/mol. The summed E-state index contributed by atoms with van der Waals surface area (Å²) in [4.78, 5) is 13.7. The minimum absolute atomic E-state index is 0.221. The first-order chi connectivity index (χ1) is 9.59. The maximum Gasteiger partial charge on any atom is 0.141 e. The summed E-state index contributed by atoms with van der Waals surface area (Å²) in [6, 6.07) is 0.378. The van der Waals surface area contributed by atoms with Crippen molar-refractivity contribution in [2.75, 3.05) is 11.9 Å². The predicted octanol–water partition coefficient (Wildman–Crippen LogP) is 4.29. The molecule has 1 aliphatic rings. The number of rotatable bonds is 2. The first kappa shape index (κ1) is 14.1. The zero-order chi connectivity index (χ0) is 14.3. The molecule has 2 aromatic heterocycles. The summed E-state index contributed by atoms with van der Waals surface area (Å²) in [7, 11) is 2.12. The third kappa shape index (κ3) is 2.29. The Morgan fingerprint density at radius 3 is 2.75 bits per heavy atom. The molecule has 2 atom stereocenters. The van der Waals surface area contributed by atoms with Gasteiger partial charge in [-0.2, -0.15) is 0 Å². The molecule has 108 valence electrons. The quantitative estimate of drug-likeness (QED) is 0.775. The molecule has 2 heterocycles. The Balaban J connectivity index is 2.04. The minimum atomic E-state index is 0.221. The van der Waals surface area contributed by atoms with Crippen molar-refractivity contribution in [3.63, 3.8) is 0 Å². The number of anilines is 1. The van der Waals surface area contributed by atoms with Gasteiger partial charge in [0.05, 0.1) is 10.8 Å². The van der Waals surface area contributed by atoms with Crippen LogP contribution in [0.4, 0.5) is 5.82 Å². The molecule has 0 N–H and O–H groups in total. The van der Waals surface area contributed by atoms with E-state index in [9.17, 15) is 0 Å². The van der Waals surface area contributed by atoms with Crippen LogP contribution in [0.25, 0.3) is 10.2 Å². The molecule has 20 heavy (non-hydrogen) atoms. The molecule has 0 bridgehead atoms. The molecule has 1 fully saturated rings. The maximum absolute atomic E-state index is 6.54. The molecule has 0 saturated heterocycles. The van der Waals surface area contributed by atoms with Crippen LogP contribution in [-0.2, 0) is 0 Å². The normalized spacial score (nSPS) is 23.2. The van der Waals surface area contributed by atoms with Gasteiger partial charge in [-0.15, -0.1) is 22.9 Å². The largest absolute Gasteiger partial charge is 0.355 e. The van der Waals surface area contributed by atoms with Crippen molar-refractivity contribution >= 4 is 39.0 Å². The van der Waals surface area contributed by atoms with Crippen molar-refractivity contribution in [1.82, 2.24) is 9.97 Å². The fraction of sp³-hybridized carbons (Fsp3) is 0.600. The number of halogens is 1. The molecule has 0 spiro atoms. The van der Waals surface area contributed by atoms with Gasteiger partial charge >= 0.3 is 0 Å². The van der Waals surface area contributed by atoms with Gasteiger partial charge in [-0.1, -0.05) is 12.8 Å². The number of alkyl halides is 1. The Labute approximate surface area is 129 Å². The van der Waals surface area contributed by atoms with Crippen LogP contribution in [0.3, 0.4) is 0 Å². The number of aryl methyl sites for hydroxylation is 2. The summed E-state index contributed by atoms with van der Waals surface area (Å²) in [5.41, 5.74) is 1.30. The summed E-state index contributed by atoms with van der Waals surface area (Å²) in [6.07, 6.45) is 6.43. The first-order valence-electron chi connectivity index (χ1n) is 7.17. The van der Waals surface area contributed by atoms with Crippen molar-refractivity contribution in [1.29, 1.82) is 0 Å². The van der Waals surface area contributed by atoms with Crippen LogP contribution >= 0.6 is 22.9 Å². The second-order valence-electron chi connectivity index (χ2n) is 5.64. The van der Waals surface area contributed by atoms with Crippen LogP contribution in [0, 0.1) is 13.8 Å². The monoisotopic (exact) mass is 309 g/mol. The van der Waals surface area contributed by atoms with Crippen molar-refractivity contribution in [2.45, 2.75) is 50.9 Å². The smallest absolute Gasteiger partial charge is 0.141 e. The van der Waals surface area contributed by atoms with Crippen molar-refractivity contribution < 1.29 is 0 Å². The van der Waals surface area contributed by atoms with Crippen LogP contribution in [0.2, 0.25) is 0 Å². The summed E-state index contributed by atoms with van der Waals surface area (Å²) < 4.78 is 0. The molecule has 2 aromatic rings. The van der Waals surface area contributed by atoms with Gasteiger partial charge in [0.25, 0.3) is 0 Å². The lowest BCUT2D eigenvalue weighted by atomic mass is 9.93. The fourth-order valence-electron chi connectivity index (χ4n) is 3.09. The highest BCUT2D eigenvalue weighted by molar-refractivity contribution is 7.18. The molecule has 0 amide bonds. The van der Waals surface area contributed by atoms with E-state index in [4.69, 9.17) is 11.6 Å². The zero-order valence-electron chi connectivity index (χ0n) is 12.2. The lowest BCUT2D eigenvalue weighted by Gasteiger charge is -2.35. The van der Waals surface area contributed by atoms with E-state index >= 15 is 0 Å². The number of hydrogen-bond acceptors (Lipinski definition) is 4. The Bertz CT molecular complexity index is 625. The molecule has 3 nitrogen and oxygen atoms in total. The highest BCUT2D eigenvalue weighted by atomic mass is 35.5. The van der Waals surface area contributed by atoms with Crippen LogP contribution < -0.4 is 4.90 Å². The van der Waals surface area contributed by atoms with E-state index in [0.717, 1.165) is 23.5 Å². The third-order valence-corrected chi connectivity index (χ3v) is 6.05. The fourth-order valence-corrected chi connectivity index (χ4v) is 4.53. The van der Waals surface area contributed by atoms with E-state index in [1.165, 1.54) is 28.7 Å². The highest BCUT2D eigenvalue weighted by Gasteiger charge is 2.29. The molecule has 1 aliphatic carbocycles. The second-order valence-corrected chi connectivity index (χ2v) is 7.40. The number of aromatic nitrogens is 2. The molecule has 0 radical (unpaired) electrons. The van der Waals surface area contributed by atoms with E-state index in [0.29, 0.717) is 6.04 Å². The van der Waals surface area contributed by atoms with Gasteiger partial charge in [0.1, 0.15) is 17.0 Å². The lowest BCUT2D eigenvalue weighted by molar-refractivity contribution is 0.433. The molecule has 5 heteroatoms. The van der Waals surface area contributed by atoms with Gasteiger partial charge in [0, 0.05) is 18.0 Å². The predicted molar refractivity (Wildman–Crippen MR) is 87.2 cm³/mol. The number of nitrogens with zero attached hydrogens (tertiary/aromatic N) is 3. The first-order valence-corrected chi connectivity index (χ1v) is 8.42. The van der Waals surface area contributed by atoms with E-state index in [1.807, 2.05) is 0 Å². The van der Waals surface area contributed by atoms with E-state index in [-0.39, 0.29) is 5.38 Å². The van der Waals surface area contributed by atoms with Crippen molar-refractivity contribution in [2.24, 2.45) is 0 Å². The molecule has 0 aliphatic heterocycles. The molecule has 3 rings (SSSR count). The van der Waals surface area contributed by atoms with E-state index in [2.05, 4.69) is 35.8 Å². The Morgan fingerprint density at radius 1 is 1.25 bits per heavy atom. The average molecular weight is 310 g/mol. The molecular formula is C15H20ClN3S. The van der Waals surface area contributed by atoms with Gasteiger partial charge in [0.2, 0.25) is 0 Å². The van der Waals surface area contributed by atoms with Gasteiger partial charge < -0.3 is 4.90 Å². The van der Waals surface area contributed by atoms with Crippen LogP contribution in [-0.4, -0.2) is 28.4 Å².